The maximum absolute atomic E-state index is 11.6. The SMILES string of the molecule is CCOC(=O)C=Cc1cn(-c2ccccc2)nc1-c1ccc(C)cc1. The lowest BCUT2D eigenvalue weighted by atomic mass is 10.1. The van der Waals surface area contributed by atoms with Crippen LogP contribution in [0, 0.1) is 6.92 Å². The van der Waals surface area contributed by atoms with Crippen molar-refractivity contribution < 1.29 is 9.53 Å². The summed E-state index contributed by atoms with van der Waals surface area (Å²) < 4.78 is 6.78. The highest BCUT2D eigenvalue weighted by atomic mass is 16.5. The van der Waals surface area contributed by atoms with Gasteiger partial charge in [-0.3, -0.25) is 0 Å². The van der Waals surface area contributed by atoms with Crippen LogP contribution in [-0.2, 0) is 9.53 Å². The van der Waals surface area contributed by atoms with Crippen molar-refractivity contribution in [3.05, 3.63) is 78.0 Å². The maximum atomic E-state index is 11.6. The fourth-order valence-corrected chi connectivity index (χ4v) is 2.51. The minimum absolute atomic E-state index is 0.357. The van der Waals surface area contributed by atoms with Gasteiger partial charge in [-0.1, -0.05) is 48.0 Å². The van der Waals surface area contributed by atoms with Gasteiger partial charge in [0.05, 0.1) is 18.0 Å². The number of carbonyl (C=O) groups is 1. The molecule has 0 unspecified atom stereocenters. The molecule has 0 amide bonds. The third-order valence-corrected chi connectivity index (χ3v) is 3.77. The zero-order valence-electron chi connectivity index (χ0n) is 14.3. The Balaban J connectivity index is 2.03. The standard InChI is InChI=1S/C21H20N2O2/c1-3-25-20(24)14-13-18-15-23(19-7-5-4-6-8-19)22-21(18)17-11-9-16(2)10-12-17/h4-15H,3H2,1-2H3. The number of nitrogens with zero attached hydrogens (tertiary/aromatic N) is 2. The number of carbonyl (C=O) groups excluding carboxylic acids is 1. The summed E-state index contributed by atoms with van der Waals surface area (Å²) in [6.07, 6.45) is 5.10. The quantitative estimate of drug-likeness (QED) is 0.513. The molecule has 0 spiro atoms. The zero-order chi connectivity index (χ0) is 17.6. The average Bonchev–Trinajstić information content (AvgIpc) is 3.06. The molecule has 0 N–H and O–H groups in total. The van der Waals surface area contributed by atoms with E-state index >= 15 is 0 Å². The minimum Gasteiger partial charge on any atom is -0.463 e. The normalized spacial score (nSPS) is 11.0. The molecule has 0 aliphatic carbocycles. The van der Waals surface area contributed by atoms with Gasteiger partial charge < -0.3 is 4.74 Å². The number of ether oxygens (including phenoxy) is 1. The summed E-state index contributed by atoms with van der Waals surface area (Å²) in [7, 11) is 0. The van der Waals surface area contributed by atoms with Crippen molar-refractivity contribution in [3.63, 3.8) is 0 Å². The van der Waals surface area contributed by atoms with Crippen molar-refractivity contribution in [2.24, 2.45) is 0 Å². The summed E-state index contributed by atoms with van der Waals surface area (Å²) in [5.41, 5.74) is 4.84. The van der Waals surface area contributed by atoms with E-state index in [2.05, 4.69) is 12.1 Å². The molecule has 2 aromatic carbocycles. The van der Waals surface area contributed by atoms with Gasteiger partial charge in [-0.2, -0.15) is 5.10 Å². The Morgan fingerprint density at radius 1 is 1.12 bits per heavy atom. The number of para-hydroxylation sites is 1. The average molecular weight is 332 g/mol. The zero-order valence-corrected chi connectivity index (χ0v) is 14.3. The lowest BCUT2D eigenvalue weighted by Crippen LogP contribution is -1.98. The molecule has 4 nitrogen and oxygen atoms in total. The van der Waals surface area contributed by atoms with Gasteiger partial charge in [0, 0.05) is 23.4 Å². The second-order valence-electron chi connectivity index (χ2n) is 5.66. The molecule has 0 fully saturated rings. The molecule has 0 saturated heterocycles. The van der Waals surface area contributed by atoms with Crippen LogP contribution in [0.25, 0.3) is 23.0 Å². The number of esters is 1. The van der Waals surface area contributed by atoms with Gasteiger partial charge in [-0.15, -0.1) is 0 Å². The number of hydrogen-bond acceptors (Lipinski definition) is 3. The van der Waals surface area contributed by atoms with E-state index in [9.17, 15) is 4.79 Å². The van der Waals surface area contributed by atoms with Crippen molar-refractivity contribution in [2.45, 2.75) is 13.8 Å². The molecule has 1 heterocycles. The monoisotopic (exact) mass is 332 g/mol. The van der Waals surface area contributed by atoms with E-state index < -0.39 is 0 Å². The molecule has 0 bridgehead atoms. The summed E-state index contributed by atoms with van der Waals surface area (Å²) in [6.45, 7) is 4.20. The van der Waals surface area contributed by atoms with Gasteiger partial charge in [0.2, 0.25) is 0 Å². The van der Waals surface area contributed by atoms with Crippen molar-refractivity contribution in [3.8, 4) is 16.9 Å². The molecular weight excluding hydrogens is 312 g/mol. The Hall–Kier alpha value is -3.14. The van der Waals surface area contributed by atoms with Gasteiger partial charge in [0.25, 0.3) is 0 Å². The summed E-state index contributed by atoms with van der Waals surface area (Å²) in [5, 5.41) is 4.72. The van der Waals surface area contributed by atoms with Gasteiger partial charge in [-0.05, 0) is 32.1 Å². The Bertz CT molecular complexity index is 878. The summed E-state index contributed by atoms with van der Waals surface area (Å²) in [6, 6.07) is 18.1. The predicted octanol–water partition coefficient (Wildman–Crippen LogP) is 4.42. The second-order valence-corrected chi connectivity index (χ2v) is 5.66. The first-order chi connectivity index (χ1) is 12.2. The van der Waals surface area contributed by atoms with Crippen molar-refractivity contribution in [1.29, 1.82) is 0 Å². The van der Waals surface area contributed by atoms with Crippen molar-refractivity contribution in [2.75, 3.05) is 6.61 Å². The molecule has 0 atom stereocenters. The molecule has 0 saturated carbocycles. The molecule has 126 valence electrons. The van der Waals surface area contributed by atoms with Crippen LogP contribution in [0.1, 0.15) is 18.1 Å². The van der Waals surface area contributed by atoms with Crippen LogP contribution in [0.2, 0.25) is 0 Å². The van der Waals surface area contributed by atoms with Crippen molar-refractivity contribution >= 4 is 12.0 Å². The Labute approximate surface area is 147 Å². The van der Waals surface area contributed by atoms with Crippen LogP contribution < -0.4 is 0 Å². The van der Waals surface area contributed by atoms with Gasteiger partial charge in [0.1, 0.15) is 0 Å². The molecule has 0 aliphatic rings. The Morgan fingerprint density at radius 3 is 2.52 bits per heavy atom. The summed E-state index contributed by atoms with van der Waals surface area (Å²) in [5.74, 6) is -0.357. The molecule has 0 aliphatic heterocycles. The molecule has 3 aromatic rings. The highest BCUT2D eigenvalue weighted by molar-refractivity contribution is 5.88. The molecule has 4 heteroatoms. The number of rotatable bonds is 5. The predicted molar refractivity (Wildman–Crippen MR) is 99.4 cm³/mol. The van der Waals surface area contributed by atoms with E-state index in [0.717, 1.165) is 22.5 Å². The van der Waals surface area contributed by atoms with E-state index in [1.807, 2.05) is 60.3 Å². The minimum atomic E-state index is -0.357. The smallest absolute Gasteiger partial charge is 0.330 e. The lowest BCUT2D eigenvalue weighted by Gasteiger charge is -2.01. The first-order valence-corrected chi connectivity index (χ1v) is 8.24. The fraction of sp³-hybridized carbons (Fsp3) is 0.143. The molecule has 25 heavy (non-hydrogen) atoms. The van der Waals surface area contributed by atoms with Gasteiger partial charge in [0.15, 0.2) is 0 Å². The third-order valence-electron chi connectivity index (χ3n) is 3.77. The van der Waals surface area contributed by atoms with Crippen LogP contribution in [-0.4, -0.2) is 22.4 Å². The van der Waals surface area contributed by atoms with Gasteiger partial charge >= 0.3 is 5.97 Å². The Morgan fingerprint density at radius 2 is 1.84 bits per heavy atom. The van der Waals surface area contributed by atoms with Crippen molar-refractivity contribution in [1.82, 2.24) is 9.78 Å². The fourth-order valence-electron chi connectivity index (χ4n) is 2.51. The van der Waals surface area contributed by atoms with E-state index in [1.54, 1.807) is 13.0 Å². The first kappa shape index (κ1) is 16.7. The van der Waals surface area contributed by atoms with E-state index in [-0.39, 0.29) is 5.97 Å². The van der Waals surface area contributed by atoms with E-state index in [1.165, 1.54) is 11.6 Å². The van der Waals surface area contributed by atoms with Crippen LogP contribution in [0.5, 0.6) is 0 Å². The Kier molecular flexibility index (Phi) is 5.09. The third kappa shape index (κ3) is 4.04. The topological polar surface area (TPSA) is 44.1 Å². The molecule has 1 aromatic heterocycles. The number of benzene rings is 2. The summed E-state index contributed by atoms with van der Waals surface area (Å²) >= 11 is 0. The summed E-state index contributed by atoms with van der Waals surface area (Å²) in [4.78, 5) is 11.6. The number of aromatic nitrogens is 2. The van der Waals surface area contributed by atoms with E-state index in [4.69, 9.17) is 9.84 Å². The number of aryl methyl sites for hydroxylation is 1. The second kappa shape index (κ2) is 7.62. The maximum Gasteiger partial charge on any atom is 0.330 e. The van der Waals surface area contributed by atoms with Crippen LogP contribution in [0.4, 0.5) is 0 Å². The highest BCUT2D eigenvalue weighted by Crippen LogP contribution is 2.25. The van der Waals surface area contributed by atoms with Crippen LogP contribution in [0.15, 0.2) is 66.9 Å². The highest BCUT2D eigenvalue weighted by Gasteiger charge is 2.11. The van der Waals surface area contributed by atoms with E-state index in [0.29, 0.717) is 6.61 Å². The first-order valence-electron chi connectivity index (χ1n) is 8.24. The molecule has 0 radical (unpaired) electrons. The van der Waals surface area contributed by atoms with Crippen LogP contribution >= 0.6 is 0 Å². The largest absolute Gasteiger partial charge is 0.463 e. The van der Waals surface area contributed by atoms with Crippen LogP contribution in [0.3, 0.4) is 0 Å². The number of hydrogen-bond donors (Lipinski definition) is 0. The lowest BCUT2D eigenvalue weighted by molar-refractivity contribution is -0.137. The molecular formula is C21H20N2O2. The van der Waals surface area contributed by atoms with Gasteiger partial charge in [-0.25, -0.2) is 9.48 Å². The molecule has 3 rings (SSSR count).